The highest BCUT2D eigenvalue weighted by Crippen LogP contribution is 2.29. The standard InChI is InChI=1S/C13H17N5O2/c1-19-10-5-6-16-9(11(10)20-2)4-3-8-7-17-13(15)18-12(8)14/h5-7H,3-4H2,1-2H3,(H4,14,15,17,18). The molecule has 2 heterocycles. The van der Waals surface area contributed by atoms with Crippen molar-refractivity contribution in [1.29, 1.82) is 0 Å². The van der Waals surface area contributed by atoms with Gasteiger partial charge in [0.1, 0.15) is 5.82 Å². The first-order chi connectivity index (χ1) is 9.65. The van der Waals surface area contributed by atoms with E-state index < -0.39 is 0 Å². The van der Waals surface area contributed by atoms with Crippen LogP contribution in [-0.4, -0.2) is 29.2 Å². The average molecular weight is 275 g/mol. The highest BCUT2D eigenvalue weighted by atomic mass is 16.5. The minimum atomic E-state index is 0.170. The van der Waals surface area contributed by atoms with Crippen molar-refractivity contribution in [2.24, 2.45) is 0 Å². The molecule has 2 aromatic heterocycles. The lowest BCUT2D eigenvalue weighted by Crippen LogP contribution is -2.06. The van der Waals surface area contributed by atoms with Crippen LogP contribution in [0.15, 0.2) is 18.5 Å². The van der Waals surface area contributed by atoms with Crippen LogP contribution < -0.4 is 20.9 Å². The summed E-state index contributed by atoms with van der Waals surface area (Å²) in [6.45, 7) is 0. The molecular formula is C13H17N5O2. The number of nitrogen functional groups attached to an aromatic ring is 2. The topological polar surface area (TPSA) is 109 Å². The van der Waals surface area contributed by atoms with Gasteiger partial charge < -0.3 is 20.9 Å². The molecule has 0 amide bonds. The van der Waals surface area contributed by atoms with Gasteiger partial charge in [-0.05, 0) is 12.8 Å². The summed E-state index contributed by atoms with van der Waals surface area (Å²) in [4.78, 5) is 12.2. The Bertz CT molecular complexity index is 603. The fourth-order valence-electron chi connectivity index (χ4n) is 1.91. The molecule has 4 N–H and O–H groups in total. The van der Waals surface area contributed by atoms with Crippen LogP contribution in [0.4, 0.5) is 11.8 Å². The van der Waals surface area contributed by atoms with Gasteiger partial charge in [0.25, 0.3) is 0 Å². The van der Waals surface area contributed by atoms with E-state index in [4.69, 9.17) is 20.9 Å². The number of ether oxygens (including phenoxy) is 2. The van der Waals surface area contributed by atoms with Gasteiger partial charge in [0, 0.05) is 24.0 Å². The molecule has 2 rings (SSSR count). The van der Waals surface area contributed by atoms with Gasteiger partial charge in [0.05, 0.1) is 19.9 Å². The first kappa shape index (κ1) is 13.9. The number of pyridine rings is 1. The Morgan fingerprint density at radius 2 is 1.90 bits per heavy atom. The number of methoxy groups -OCH3 is 2. The first-order valence-corrected chi connectivity index (χ1v) is 6.08. The van der Waals surface area contributed by atoms with E-state index >= 15 is 0 Å². The molecule has 0 saturated heterocycles. The Hall–Kier alpha value is -2.57. The summed E-state index contributed by atoms with van der Waals surface area (Å²) in [6, 6.07) is 1.75. The zero-order valence-corrected chi connectivity index (χ0v) is 11.5. The molecule has 0 bridgehead atoms. The second-order valence-electron chi connectivity index (χ2n) is 4.13. The number of hydrogen-bond donors (Lipinski definition) is 2. The van der Waals surface area contributed by atoms with Crippen LogP contribution in [0.1, 0.15) is 11.3 Å². The molecular weight excluding hydrogens is 258 g/mol. The van der Waals surface area contributed by atoms with Crippen molar-refractivity contribution in [1.82, 2.24) is 15.0 Å². The molecule has 0 atom stereocenters. The average Bonchev–Trinajstić information content (AvgIpc) is 2.45. The predicted octanol–water partition coefficient (Wildman–Crippen LogP) is 0.838. The van der Waals surface area contributed by atoms with E-state index in [1.165, 1.54) is 0 Å². The monoisotopic (exact) mass is 275 g/mol. The molecule has 2 aromatic rings. The summed E-state index contributed by atoms with van der Waals surface area (Å²) in [5.41, 5.74) is 12.9. The van der Waals surface area contributed by atoms with E-state index in [1.54, 1.807) is 32.7 Å². The van der Waals surface area contributed by atoms with Crippen LogP contribution in [0, 0.1) is 0 Å². The van der Waals surface area contributed by atoms with E-state index in [2.05, 4.69) is 15.0 Å². The van der Waals surface area contributed by atoms with Gasteiger partial charge >= 0.3 is 0 Å². The number of rotatable bonds is 5. The number of nitrogens with zero attached hydrogens (tertiary/aromatic N) is 3. The van der Waals surface area contributed by atoms with Crippen LogP contribution in [-0.2, 0) is 12.8 Å². The van der Waals surface area contributed by atoms with Crippen molar-refractivity contribution < 1.29 is 9.47 Å². The van der Waals surface area contributed by atoms with Crippen molar-refractivity contribution in [3.05, 3.63) is 29.7 Å². The van der Waals surface area contributed by atoms with Gasteiger partial charge in [-0.15, -0.1) is 0 Å². The smallest absolute Gasteiger partial charge is 0.221 e. The van der Waals surface area contributed by atoms with Gasteiger partial charge in [-0.2, -0.15) is 4.98 Å². The lowest BCUT2D eigenvalue weighted by atomic mass is 10.1. The molecule has 0 spiro atoms. The predicted molar refractivity (Wildman–Crippen MR) is 75.6 cm³/mol. The Balaban J connectivity index is 2.18. The molecule has 0 saturated carbocycles. The van der Waals surface area contributed by atoms with Gasteiger partial charge in [-0.1, -0.05) is 0 Å². The van der Waals surface area contributed by atoms with E-state index in [0.29, 0.717) is 30.2 Å². The quantitative estimate of drug-likeness (QED) is 0.832. The largest absolute Gasteiger partial charge is 0.493 e. The fraction of sp³-hybridized carbons (Fsp3) is 0.308. The highest BCUT2D eigenvalue weighted by molar-refractivity contribution is 5.45. The van der Waals surface area contributed by atoms with E-state index in [-0.39, 0.29) is 5.95 Å². The molecule has 7 nitrogen and oxygen atoms in total. The Morgan fingerprint density at radius 1 is 1.10 bits per heavy atom. The summed E-state index contributed by atoms with van der Waals surface area (Å²) in [5, 5.41) is 0. The van der Waals surface area contributed by atoms with Crippen LogP contribution >= 0.6 is 0 Å². The molecule has 20 heavy (non-hydrogen) atoms. The van der Waals surface area contributed by atoms with Crippen molar-refractivity contribution >= 4 is 11.8 Å². The molecule has 0 aliphatic rings. The molecule has 0 aliphatic heterocycles. The van der Waals surface area contributed by atoms with Crippen LogP contribution in [0.2, 0.25) is 0 Å². The molecule has 7 heteroatoms. The zero-order valence-electron chi connectivity index (χ0n) is 11.5. The van der Waals surface area contributed by atoms with Crippen molar-refractivity contribution in [2.75, 3.05) is 25.7 Å². The molecule has 0 radical (unpaired) electrons. The molecule has 0 aliphatic carbocycles. The third-order valence-corrected chi connectivity index (χ3v) is 2.91. The second-order valence-corrected chi connectivity index (χ2v) is 4.13. The van der Waals surface area contributed by atoms with Gasteiger partial charge in [-0.3, -0.25) is 4.98 Å². The maximum absolute atomic E-state index is 5.80. The van der Waals surface area contributed by atoms with Crippen LogP contribution in [0.25, 0.3) is 0 Å². The second kappa shape index (κ2) is 6.05. The van der Waals surface area contributed by atoms with Gasteiger partial charge in [0.15, 0.2) is 11.5 Å². The Kier molecular flexibility index (Phi) is 4.19. The first-order valence-electron chi connectivity index (χ1n) is 6.08. The summed E-state index contributed by atoms with van der Waals surface area (Å²) in [5.74, 6) is 1.84. The number of anilines is 2. The fourth-order valence-corrected chi connectivity index (χ4v) is 1.91. The minimum absolute atomic E-state index is 0.170. The minimum Gasteiger partial charge on any atom is -0.493 e. The maximum atomic E-state index is 5.80. The maximum Gasteiger partial charge on any atom is 0.221 e. The zero-order chi connectivity index (χ0) is 14.5. The van der Waals surface area contributed by atoms with E-state index in [1.807, 2.05) is 0 Å². The van der Waals surface area contributed by atoms with E-state index in [9.17, 15) is 0 Å². The normalized spacial score (nSPS) is 10.3. The number of hydrogen-bond acceptors (Lipinski definition) is 7. The third kappa shape index (κ3) is 2.87. The Labute approximate surface area is 117 Å². The lowest BCUT2D eigenvalue weighted by molar-refractivity contribution is 0.349. The number of nitrogens with two attached hydrogens (primary N) is 2. The van der Waals surface area contributed by atoms with Gasteiger partial charge in [-0.25, -0.2) is 4.98 Å². The molecule has 0 fully saturated rings. The molecule has 106 valence electrons. The van der Waals surface area contributed by atoms with Crippen LogP contribution in [0.3, 0.4) is 0 Å². The highest BCUT2D eigenvalue weighted by Gasteiger charge is 2.12. The summed E-state index contributed by atoms with van der Waals surface area (Å²) >= 11 is 0. The summed E-state index contributed by atoms with van der Waals surface area (Å²) in [7, 11) is 3.18. The third-order valence-electron chi connectivity index (χ3n) is 2.91. The SMILES string of the molecule is COc1ccnc(CCc2cnc(N)nc2N)c1OC. The van der Waals surface area contributed by atoms with Gasteiger partial charge in [0.2, 0.25) is 5.95 Å². The lowest BCUT2D eigenvalue weighted by Gasteiger charge is -2.11. The molecule has 0 unspecified atom stereocenters. The molecule has 0 aromatic carbocycles. The van der Waals surface area contributed by atoms with Crippen molar-refractivity contribution in [2.45, 2.75) is 12.8 Å². The number of aromatic nitrogens is 3. The Morgan fingerprint density at radius 3 is 2.55 bits per heavy atom. The summed E-state index contributed by atoms with van der Waals surface area (Å²) in [6.07, 6.45) is 4.59. The van der Waals surface area contributed by atoms with Crippen LogP contribution in [0.5, 0.6) is 11.5 Å². The van der Waals surface area contributed by atoms with E-state index in [0.717, 1.165) is 11.3 Å². The summed E-state index contributed by atoms with van der Waals surface area (Å²) < 4.78 is 10.6. The number of aryl methyl sites for hydroxylation is 2. The van der Waals surface area contributed by atoms with Crippen molar-refractivity contribution in [3.63, 3.8) is 0 Å². The van der Waals surface area contributed by atoms with Crippen molar-refractivity contribution in [3.8, 4) is 11.5 Å².